The number of hydroxylamine groups is 2. The molecule has 0 rings (SSSR count). The SMILES string of the molecule is C=C(CCN(OCC)C(=O)OC(C)(C)C)NC(=O)CC. The van der Waals surface area contributed by atoms with Gasteiger partial charge in [0.25, 0.3) is 0 Å². The molecule has 0 saturated carbocycles. The molecule has 6 heteroatoms. The van der Waals surface area contributed by atoms with E-state index >= 15 is 0 Å². The quantitative estimate of drug-likeness (QED) is 0.730. The number of hydrogen-bond donors (Lipinski definition) is 1. The summed E-state index contributed by atoms with van der Waals surface area (Å²) in [4.78, 5) is 28.3. The Kier molecular flexibility index (Phi) is 7.91. The molecule has 0 unspecified atom stereocenters. The first kappa shape index (κ1) is 18.4. The average molecular weight is 286 g/mol. The van der Waals surface area contributed by atoms with Gasteiger partial charge in [-0.1, -0.05) is 13.5 Å². The number of nitrogens with one attached hydrogen (secondary N) is 1. The first-order valence-electron chi connectivity index (χ1n) is 6.80. The van der Waals surface area contributed by atoms with Crippen molar-refractivity contribution >= 4 is 12.0 Å². The third-order valence-corrected chi connectivity index (χ3v) is 2.14. The molecule has 0 aromatic heterocycles. The minimum atomic E-state index is -0.583. The number of hydrogen-bond acceptors (Lipinski definition) is 4. The van der Waals surface area contributed by atoms with Gasteiger partial charge in [0.15, 0.2) is 0 Å². The summed E-state index contributed by atoms with van der Waals surface area (Å²) in [5.74, 6) is -0.102. The zero-order valence-electron chi connectivity index (χ0n) is 13.1. The molecule has 0 saturated heterocycles. The number of carbonyl (C=O) groups excluding carboxylic acids is 2. The molecule has 116 valence electrons. The summed E-state index contributed by atoms with van der Waals surface area (Å²) in [5.41, 5.74) is -0.0371. The molecule has 1 N–H and O–H groups in total. The summed E-state index contributed by atoms with van der Waals surface area (Å²) in [7, 11) is 0. The fourth-order valence-electron chi connectivity index (χ4n) is 1.26. The maximum atomic E-state index is 11.9. The minimum absolute atomic E-state index is 0.102. The van der Waals surface area contributed by atoms with E-state index in [1.165, 1.54) is 0 Å². The van der Waals surface area contributed by atoms with Crippen molar-refractivity contribution in [2.24, 2.45) is 0 Å². The number of carbonyl (C=O) groups is 2. The number of nitrogens with zero attached hydrogens (tertiary/aromatic N) is 1. The van der Waals surface area contributed by atoms with Crippen LogP contribution in [-0.2, 0) is 14.4 Å². The van der Waals surface area contributed by atoms with E-state index < -0.39 is 11.7 Å². The van der Waals surface area contributed by atoms with Gasteiger partial charge in [-0.3, -0.25) is 9.63 Å². The van der Waals surface area contributed by atoms with Crippen molar-refractivity contribution in [3.05, 3.63) is 12.3 Å². The van der Waals surface area contributed by atoms with Gasteiger partial charge in [0, 0.05) is 18.5 Å². The number of rotatable bonds is 7. The predicted octanol–water partition coefficient (Wildman–Crippen LogP) is 2.61. The van der Waals surface area contributed by atoms with Crippen LogP contribution in [0.1, 0.15) is 47.5 Å². The molecule has 6 nitrogen and oxygen atoms in total. The molecule has 0 aliphatic heterocycles. The van der Waals surface area contributed by atoms with Crippen molar-refractivity contribution < 1.29 is 19.2 Å². The van der Waals surface area contributed by atoms with Gasteiger partial charge >= 0.3 is 6.09 Å². The highest BCUT2D eigenvalue weighted by atomic mass is 16.7. The van der Waals surface area contributed by atoms with Crippen molar-refractivity contribution in [3.8, 4) is 0 Å². The molecule has 0 bridgehead atoms. The van der Waals surface area contributed by atoms with E-state index in [2.05, 4.69) is 11.9 Å². The van der Waals surface area contributed by atoms with E-state index in [0.717, 1.165) is 5.06 Å². The summed E-state index contributed by atoms with van der Waals surface area (Å²) < 4.78 is 5.23. The lowest BCUT2D eigenvalue weighted by atomic mass is 10.2. The summed E-state index contributed by atoms with van der Waals surface area (Å²) in [5, 5.41) is 3.79. The fraction of sp³-hybridized carbons (Fsp3) is 0.714. The second-order valence-corrected chi connectivity index (χ2v) is 5.26. The summed E-state index contributed by atoms with van der Waals surface area (Å²) in [6, 6.07) is 0. The lowest BCUT2D eigenvalue weighted by Crippen LogP contribution is -2.38. The highest BCUT2D eigenvalue weighted by Gasteiger charge is 2.22. The van der Waals surface area contributed by atoms with E-state index in [1.807, 2.05) is 0 Å². The Morgan fingerprint density at radius 2 is 1.85 bits per heavy atom. The molecular weight excluding hydrogens is 260 g/mol. The van der Waals surface area contributed by atoms with Gasteiger partial charge in [0.05, 0.1) is 13.2 Å². The Balaban J connectivity index is 4.37. The van der Waals surface area contributed by atoms with Crippen LogP contribution in [0, 0.1) is 0 Å². The molecule has 0 aliphatic rings. The van der Waals surface area contributed by atoms with Crippen LogP contribution in [-0.4, -0.2) is 35.8 Å². The topological polar surface area (TPSA) is 67.9 Å². The zero-order valence-corrected chi connectivity index (χ0v) is 13.1. The molecule has 0 atom stereocenters. The molecular formula is C14H26N2O4. The molecule has 0 aromatic rings. The van der Waals surface area contributed by atoms with Gasteiger partial charge < -0.3 is 10.1 Å². The van der Waals surface area contributed by atoms with Crippen LogP contribution < -0.4 is 5.32 Å². The standard InChI is InChI=1S/C14H26N2O4/c1-7-12(17)15-11(3)9-10-16(19-8-2)13(18)20-14(4,5)6/h3,7-10H2,1-2,4-6H3,(H,15,17). The smallest absolute Gasteiger partial charge is 0.434 e. The van der Waals surface area contributed by atoms with Crippen LogP contribution in [0.25, 0.3) is 0 Å². The van der Waals surface area contributed by atoms with Gasteiger partial charge in [-0.25, -0.2) is 4.79 Å². The summed E-state index contributed by atoms with van der Waals surface area (Å²) in [6.45, 7) is 13.3. The lowest BCUT2D eigenvalue weighted by Gasteiger charge is -2.26. The third kappa shape index (κ3) is 8.53. The monoisotopic (exact) mass is 286 g/mol. The van der Waals surface area contributed by atoms with E-state index in [4.69, 9.17) is 9.57 Å². The first-order chi connectivity index (χ1) is 9.19. The Morgan fingerprint density at radius 1 is 1.25 bits per heavy atom. The highest BCUT2D eigenvalue weighted by molar-refractivity contribution is 5.77. The van der Waals surface area contributed by atoms with Crippen LogP contribution in [0.5, 0.6) is 0 Å². The Labute approximate surface area is 121 Å². The third-order valence-electron chi connectivity index (χ3n) is 2.14. The predicted molar refractivity (Wildman–Crippen MR) is 76.8 cm³/mol. The fourth-order valence-corrected chi connectivity index (χ4v) is 1.26. The molecule has 0 radical (unpaired) electrons. The number of ether oxygens (including phenoxy) is 1. The molecule has 2 amide bonds. The van der Waals surface area contributed by atoms with Crippen LogP contribution in [0.4, 0.5) is 4.79 Å². The molecule has 0 spiro atoms. The maximum absolute atomic E-state index is 11.9. The summed E-state index contributed by atoms with van der Waals surface area (Å²) >= 11 is 0. The van der Waals surface area contributed by atoms with Gasteiger partial charge in [-0.05, 0) is 27.7 Å². The molecule has 0 fully saturated rings. The first-order valence-corrected chi connectivity index (χ1v) is 6.80. The van der Waals surface area contributed by atoms with Crippen LogP contribution in [0.2, 0.25) is 0 Å². The van der Waals surface area contributed by atoms with Crippen LogP contribution in [0.3, 0.4) is 0 Å². The largest absolute Gasteiger partial charge is 0.442 e. The van der Waals surface area contributed by atoms with Gasteiger partial charge in [-0.2, -0.15) is 5.06 Å². The highest BCUT2D eigenvalue weighted by Crippen LogP contribution is 2.11. The van der Waals surface area contributed by atoms with Crippen molar-refractivity contribution in [3.63, 3.8) is 0 Å². The maximum Gasteiger partial charge on any atom is 0.434 e. The lowest BCUT2D eigenvalue weighted by molar-refractivity contribution is -0.142. The van der Waals surface area contributed by atoms with Crippen molar-refractivity contribution in [1.29, 1.82) is 0 Å². The second-order valence-electron chi connectivity index (χ2n) is 5.26. The van der Waals surface area contributed by atoms with Crippen molar-refractivity contribution in [2.45, 2.75) is 53.1 Å². The van der Waals surface area contributed by atoms with Gasteiger partial charge in [0.2, 0.25) is 5.91 Å². The molecule has 0 aliphatic carbocycles. The van der Waals surface area contributed by atoms with Crippen LogP contribution >= 0.6 is 0 Å². The molecule has 20 heavy (non-hydrogen) atoms. The normalized spacial score (nSPS) is 10.8. The Bertz CT molecular complexity index is 348. The Hall–Kier alpha value is -1.56. The molecule has 0 heterocycles. The summed E-state index contributed by atoms with van der Waals surface area (Å²) in [6.07, 6.45) is 0.250. The van der Waals surface area contributed by atoms with E-state index in [9.17, 15) is 9.59 Å². The second kappa shape index (κ2) is 8.58. The minimum Gasteiger partial charge on any atom is -0.442 e. The van der Waals surface area contributed by atoms with Crippen LogP contribution in [0.15, 0.2) is 12.3 Å². The van der Waals surface area contributed by atoms with E-state index in [-0.39, 0.29) is 12.5 Å². The molecule has 0 aromatic carbocycles. The number of amides is 2. The van der Waals surface area contributed by atoms with E-state index in [0.29, 0.717) is 25.1 Å². The van der Waals surface area contributed by atoms with Gasteiger partial charge in [-0.15, -0.1) is 0 Å². The van der Waals surface area contributed by atoms with Crippen molar-refractivity contribution in [2.75, 3.05) is 13.2 Å². The van der Waals surface area contributed by atoms with E-state index in [1.54, 1.807) is 34.6 Å². The Morgan fingerprint density at radius 3 is 2.30 bits per heavy atom. The van der Waals surface area contributed by atoms with Gasteiger partial charge in [0.1, 0.15) is 5.60 Å². The average Bonchev–Trinajstić information content (AvgIpc) is 2.31. The van der Waals surface area contributed by atoms with Crippen molar-refractivity contribution in [1.82, 2.24) is 10.4 Å². The zero-order chi connectivity index (χ0) is 15.8.